The molecule has 0 saturated heterocycles. The largest absolute Gasteiger partial charge is 0.507 e. The first-order valence-corrected chi connectivity index (χ1v) is 12.6. The fourth-order valence-corrected chi connectivity index (χ4v) is 5.23. The number of aryl methyl sites for hydroxylation is 1. The minimum Gasteiger partial charge on any atom is -0.507 e. The zero-order valence-electron chi connectivity index (χ0n) is 21.3. The van der Waals surface area contributed by atoms with Crippen molar-refractivity contribution in [3.05, 3.63) is 107 Å². The number of phenolic OH excluding ortho intramolecular Hbond substituents is 1. The van der Waals surface area contributed by atoms with Crippen LogP contribution < -0.4 is 4.74 Å². The summed E-state index contributed by atoms with van der Waals surface area (Å²) >= 11 is 0. The molecule has 6 heteroatoms. The van der Waals surface area contributed by atoms with Gasteiger partial charge in [-0.15, -0.1) is 0 Å². The summed E-state index contributed by atoms with van der Waals surface area (Å²) in [5, 5.41) is 11.2. The molecule has 6 nitrogen and oxygen atoms in total. The van der Waals surface area contributed by atoms with Gasteiger partial charge in [-0.05, 0) is 42.2 Å². The molecule has 38 heavy (non-hydrogen) atoms. The number of fused-ring (bicyclic) bond motifs is 2. The SMILES string of the molecule is COc1cccc(-c2nc(C(=O)N3CCc4c(ccc(C)c4O)C3)c3ccccc3n2)c1-c1ccccc1. The molecule has 2 heterocycles. The van der Waals surface area contributed by atoms with Crippen LogP contribution in [0.25, 0.3) is 33.4 Å². The second-order valence-corrected chi connectivity index (χ2v) is 9.51. The van der Waals surface area contributed by atoms with Crippen molar-refractivity contribution in [2.24, 2.45) is 0 Å². The number of aromatic hydroxyl groups is 1. The summed E-state index contributed by atoms with van der Waals surface area (Å²) in [6.07, 6.45) is 0.596. The van der Waals surface area contributed by atoms with Crippen LogP contribution in [-0.4, -0.2) is 39.5 Å². The highest BCUT2D eigenvalue weighted by molar-refractivity contribution is 6.05. The van der Waals surface area contributed by atoms with Gasteiger partial charge in [0.2, 0.25) is 0 Å². The summed E-state index contributed by atoms with van der Waals surface area (Å²) in [4.78, 5) is 25.6. The monoisotopic (exact) mass is 501 g/mol. The molecule has 0 saturated carbocycles. The number of carbonyl (C=O) groups is 1. The molecule has 0 unspecified atom stereocenters. The molecular weight excluding hydrogens is 474 g/mol. The lowest BCUT2D eigenvalue weighted by atomic mass is 9.95. The summed E-state index contributed by atoms with van der Waals surface area (Å²) < 4.78 is 5.72. The van der Waals surface area contributed by atoms with Crippen LogP contribution in [0.3, 0.4) is 0 Å². The zero-order valence-corrected chi connectivity index (χ0v) is 21.3. The number of hydrogen-bond acceptors (Lipinski definition) is 5. The van der Waals surface area contributed by atoms with Crippen molar-refractivity contribution in [2.45, 2.75) is 19.9 Å². The van der Waals surface area contributed by atoms with Gasteiger partial charge < -0.3 is 14.7 Å². The van der Waals surface area contributed by atoms with Gasteiger partial charge in [0.1, 0.15) is 17.2 Å². The lowest BCUT2D eigenvalue weighted by Gasteiger charge is -2.30. The van der Waals surface area contributed by atoms with Crippen LogP contribution in [0, 0.1) is 6.92 Å². The van der Waals surface area contributed by atoms with E-state index in [1.54, 1.807) is 12.0 Å². The number of aromatic nitrogens is 2. The summed E-state index contributed by atoms with van der Waals surface area (Å²) in [5.41, 5.74) is 6.45. The molecule has 1 aromatic heterocycles. The van der Waals surface area contributed by atoms with Crippen molar-refractivity contribution in [3.8, 4) is 34.0 Å². The molecule has 6 rings (SSSR count). The quantitative estimate of drug-likeness (QED) is 0.318. The van der Waals surface area contributed by atoms with Gasteiger partial charge in [-0.2, -0.15) is 0 Å². The van der Waals surface area contributed by atoms with Crippen LogP contribution in [0.2, 0.25) is 0 Å². The third-order valence-electron chi connectivity index (χ3n) is 7.22. The average Bonchev–Trinajstić information content (AvgIpc) is 2.98. The highest BCUT2D eigenvalue weighted by Gasteiger charge is 2.27. The van der Waals surface area contributed by atoms with Crippen molar-refractivity contribution in [3.63, 3.8) is 0 Å². The lowest BCUT2D eigenvalue weighted by molar-refractivity contribution is 0.0730. The molecule has 0 aliphatic carbocycles. The zero-order chi connectivity index (χ0) is 26.2. The predicted octanol–water partition coefficient (Wildman–Crippen LogP) is 6.18. The molecule has 188 valence electrons. The second-order valence-electron chi connectivity index (χ2n) is 9.51. The Labute approximate surface area is 221 Å². The fourth-order valence-electron chi connectivity index (χ4n) is 5.23. The molecule has 1 amide bonds. The molecule has 1 N–H and O–H groups in total. The number of carbonyl (C=O) groups excluding carboxylic acids is 1. The van der Waals surface area contributed by atoms with Crippen LogP contribution >= 0.6 is 0 Å². The number of nitrogens with zero attached hydrogens (tertiary/aromatic N) is 3. The normalized spacial score (nSPS) is 12.8. The van der Waals surface area contributed by atoms with Crippen molar-refractivity contribution >= 4 is 16.8 Å². The Morgan fingerprint density at radius 3 is 2.53 bits per heavy atom. The minimum absolute atomic E-state index is 0.153. The molecule has 0 radical (unpaired) electrons. The maximum Gasteiger partial charge on any atom is 0.273 e. The van der Waals surface area contributed by atoms with Crippen molar-refractivity contribution in [2.75, 3.05) is 13.7 Å². The third kappa shape index (κ3) is 4.04. The Bertz CT molecular complexity index is 1680. The molecule has 1 aliphatic rings. The van der Waals surface area contributed by atoms with E-state index in [1.165, 1.54) is 0 Å². The average molecular weight is 502 g/mol. The molecular formula is C32H27N3O3. The molecule has 0 bridgehead atoms. The van der Waals surface area contributed by atoms with Crippen molar-refractivity contribution < 1.29 is 14.6 Å². The first-order chi connectivity index (χ1) is 18.5. The van der Waals surface area contributed by atoms with Crippen LogP contribution in [0.15, 0.2) is 84.9 Å². The fraction of sp³-hybridized carbons (Fsp3) is 0.156. The Balaban J connectivity index is 1.48. The first kappa shape index (κ1) is 23.7. The summed E-state index contributed by atoms with van der Waals surface area (Å²) in [6, 6.07) is 27.3. The van der Waals surface area contributed by atoms with Gasteiger partial charge in [-0.25, -0.2) is 9.97 Å². The lowest BCUT2D eigenvalue weighted by Crippen LogP contribution is -2.36. The standard InChI is InChI=1S/C32H27N3O3/c1-20-15-16-22-19-35(18-17-23(22)30(20)36)32(37)29-24-11-6-7-13-26(24)33-31(34-29)25-12-8-14-27(38-2)28(25)21-9-4-3-5-10-21/h3-16,36H,17-19H2,1-2H3. The van der Waals surface area contributed by atoms with Gasteiger partial charge in [0.15, 0.2) is 5.82 Å². The molecule has 0 atom stereocenters. The van der Waals surface area contributed by atoms with E-state index in [0.717, 1.165) is 33.4 Å². The highest BCUT2D eigenvalue weighted by atomic mass is 16.5. The van der Waals surface area contributed by atoms with E-state index in [0.29, 0.717) is 53.4 Å². The van der Waals surface area contributed by atoms with E-state index in [1.807, 2.05) is 91.9 Å². The number of rotatable bonds is 4. The number of amides is 1. The number of hydrogen-bond donors (Lipinski definition) is 1. The van der Waals surface area contributed by atoms with Gasteiger partial charge in [0.05, 0.1) is 12.6 Å². The Kier molecular flexibility index (Phi) is 6.00. The van der Waals surface area contributed by atoms with E-state index in [9.17, 15) is 9.90 Å². The topological polar surface area (TPSA) is 75.5 Å². The molecule has 4 aromatic carbocycles. The van der Waals surface area contributed by atoms with E-state index >= 15 is 0 Å². The summed E-state index contributed by atoms with van der Waals surface area (Å²) in [5.74, 6) is 1.35. The van der Waals surface area contributed by atoms with Crippen LogP contribution in [0.1, 0.15) is 27.2 Å². The Hall–Kier alpha value is -4.71. The summed E-state index contributed by atoms with van der Waals surface area (Å²) in [7, 11) is 1.65. The van der Waals surface area contributed by atoms with E-state index in [4.69, 9.17) is 14.7 Å². The maximum absolute atomic E-state index is 14.0. The minimum atomic E-state index is -0.153. The summed E-state index contributed by atoms with van der Waals surface area (Å²) in [6.45, 7) is 2.82. The van der Waals surface area contributed by atoms with Crippen molar-refractivity contribution in [1.82, 2.24) is 14.9 Å². The molecule has 0 fully saturated rings. The third-order valence-corrected chi connectivity index (χ3v) is 7.22. The van der Waals surface area contributed by atoms with Gasteiger partial charge in [0.25, 0.3) is 5.91 Å². The highest BCUT2D eigenvalue weighted by Crippen LogP contribution is 2.39. The van der Waals surface area contributed by atoms with E-state index < -0.39 is 0 Å². The number of ether oxygens (including phenoxy) is 1. The Morgan fingerprint density at radius 1 is 0.921 bits per heavy atom. The second kappa shape index (κ2) is 9.63. The van der Waals surface area contributed by atoms with E-state index in [2.05, 4.69) is 0 Å². The number of benzene rings is 4. The van der Waals surface area contributed by atoms with Crippen molar-refractivity contribution in [1.29, 1.82) is 0 Å². The van der Waals surface area contributed by atoms with Crippen LogP contribution in [-0.2, 0) is 13.0 Å². The van der Waals surface area contributed by atoms with Crippen LogP contribution in [0.5, 0.6) is 11.5 Å². The molecule has 5 aromatic rings. The van der Waals surface area contributed by atoms with Crippen LogP contribution in [0.4, 0.5) is 0 Å². The molecule has 1 aliphatic heterocycles. The predicted molar refractivity (Wildman–Crippen MR) is 148 cm³/mol. The number of para-hydroxylation sites is 1. The number of phenols is 1. The number of methoxy groups -OCH3 is 1. The molecule has 0 spiro atoms. The van der Waals surface area contributed by atoms with E-state index in [-0.39, 0.29) is 5.91 Å². The first-order valence-electron chi connectivity index (χ1n) is 12.6. The van der Waals surface area contributed by atoms with Gasteiger partial charge in [-0.1, -0.05) is 72.8 Å². The smallest absolute Gasteiger partial charge is 0.273 e. The van der Waals surface area contributed by atoms with Gasteiger partial charge in [0, 0.05) is 35.2 Å². The van der Waals surface area contributed by atoms with Gasteiger partial charge >= 0.3 is 0 Å². The maximum atomic E-state index is 14.0. The Morgan fingerprint density at radius 2 is 1.71 bits per heavy atom. The van der Waals surface area contributed by atoms with Gasteiger partial charge in [-0.3, -0.25) is 4.79 Å².